The third-order valence-electron chi connectivity index (χ3n) is 3.16. The molecule has 0 aliphatic rings. The summed E-state index contributed by atoms with van der Waals surface area (Å²) in [5, 5.41) is 1.15. The number of ether oxygens (including phenoxy) is 1. The van der Waals surface area contributed by atoms with Crippen LogP contribution < -0.4 is 5.56 Å². The summed E-state index contributed by atoms with van der Waals surface area (Å²) in [5.41, 5.74) is 0.559. The Balaban J connectivity index is 2.40. The number of nitrogens with zero attached hydrogens (tertiary/aromatic N) is 2. The molecule has 0 unspecified atom stereocenters. The highest BCUT2D eigenvalue weighted by atomic mass is 79.9. The first-order chi connectivity index (χ1) is 11.0. The fourth-order valence-electron chi connectivity index (χ4n) is 2.12. The van der Waals surface area contributed by atoms with Crippen LogP contribution in [0.5, 0.6) is 0 Å². The molecule has 124 valence electrons. The van der Waals surface area contributed by atoms with Crippen LogP contribution in [0.15, 0.2) is 32.6 Å². The summed E-state index contributed by atoms with van der Waals surface area (Å²) < 4.78 is 7.82. The molecule has 0 N–H and O–H groups in total. The van der Waals surface area contributed by atoms with E-state index in [1.54, 1.807) is 10.6 Å². The number of Topliss-reactive ketones (excluding diaryl/α,β-unsaturated/α-hetero) is 1. The zero-order valence-corrected chi connectivity index (χ0v) is 15.6. The molecule has 0 aliphatic carbocycles. The van der Waals surface area contributed by atoms with Crippen LogP contribution in [0, 0.1) is 0 Å². The molecule has 1 aromatic heterocycles. The maximum Gasteiger partial charge on any atom is 0.262 e. The smallest absolute Gasteiger partial charge is 0.262 e. The molecule has 0 amide bonds. The molecule has 0 saturated heterocycles. The summed E-state index contributed by atoms with van der Waals surface area (Å²) in [4.78, 5) is 28.6. The van der Waals surface area contributed by atoms with Crippen LogP contribution in [0.4, 0.5) is 0 Å². The van der Waals surface area contributed by atoms with Crippen LogP contribution in [-0.4, -0.2) is 34.3 Å². The predicted octanol–water partition coefficient (Wildman–Crippen LogP) is 3.27. The standard InChI is InChI=1S/C16H19BrN2O3S/c1-3-22-8-4-7-19-15(21)13-9-12(17)5-6-14(13)18-16(19)23-10-11(2)20/h5-6,9H,3-4,7-8,10H2,1-2H3. The van der Waals surface area contributed by atoms with Gasteiger partial charge in [-0.15, -0.1) is 0 Å². The highest BCUT2D eigenvalue weighted by Crippen LogP contribution is 2.20. The predicted molar refractivity (Wildman–Crippen MR) is 96.2 cm³/mol. The minimum Gasteiger partial charge on any atom is -0.382 e. The minimum absolute atomic E-state index is 0.0565. The number of carbonyl (C=O) groups is 1. The Hall–Kier alpha value is -1.18. The molecule has 0 atom stereocenters. The van der Waals surface area contributed by atoms with Crippen molar-refractivity contribution in [2.75, 3.05) is 19.0 Å². The molecule has 1 aromatic carbocycles. The first kappa shape index (κ1) is 18.2. The summed E-state index contributed by atoms with van der Waals surface area (Å²) in [7, 11) is 0. The number of thioether (sulfide) groups is 1. The highest BCUT2D eigenvalue weighted by Gasteiger charge is 2.12. The Morgan fingerprint density at radius 2 is 2.22 bits per heavy atom. The van der Waals surface area contributed by atoms with Gasteiger partial charge in [0.25, 0.3) is 5.56 Å². The van der Waals surface area contributed by atoms with Gasteiger partial charge < -0.3 is 4.74 Å². The zero-order chi connectivity index (χ0) is 16.8. The van der Waals surface area contributed by atoms with E-state index < -0.39 is 0 Å². The number of aromatic nitrogens is 2. The average Bonchev–Trinajstić information content (AvgIpc) is 2.52. The van der Waals surface area contributed by atoms with E-state index in [1.807, 2.05) is 19.1 Å². The Labute approximate surface area is 147 Å². The maximum absolute atomic E-state index is 12.8. The third kappa shape index (κ3) is 4.89. The zero-order valence-electron chi connectivity index (χ0n) is 13.2. The Bertz CT molecular complexity index is 761. The van der Waals surface area contributed by atoms with Crippen molar-refractivity contribution in [2.24, 2.45) is 0 Å². The molecule has 0 spiro atoms. The molecule has 23 heavy (non-hydrogen) atoms. The average molecular weight is 399 g/mol. The van der Waals surface area contributed by atoms with Crippen LogP contribution in [0.2, 0.25) is 0 Å². The molecule has 0 saturated carbocycles. The van der Waals surface area contributed by atoms with E-state index in [1.165, 1.54) is 18.7 Å². The van der Waals surface area contributed by atoms with Gasteiger partial charge in [0, 0.05) is 24.2 Å². The summed E-state index contributed by atoms with van der Waals surface area (Å²) in [6, 6.07) is 5.44. The van der Waals surface area contributed by atoms with Gasteiger partial charge in [0.1, 0.15) is 5.78 Å². The molecule has 2 rings (SSSR count). The number of halogens is 1. The lowest BCUT2D eigenvalue weighted by Gasteiger charge is -2.13. The van der Waals surface area contributed by atoms with Crippen LogP contribution >= 0.6 is 27.7 Å². The fourth-order valence-corrected chi connectivity index (χ4v) is 3.30. The van der Waals surface area contributed by atoms with Crippen LogP contribution in [0.25, 0.3) is 10.9 Å². The first-order valence-corrected chi connectivity index (χ1v) is 9.21. The van der Waals surface area contributed by atoms with Crippen molar-refractivity contribution in [2.45, 2.75) is 32.0 Å². The van der Waals surface area contributed by atoms with E-state index in [4.69, 9.17) is 4.74 Å². The second kappa shape index (κ2) is 8.61. The van der Waals surface area contributed by atoms with Crippen molar-refractivity contribution < 1.29 is 9.53 Å². The van der Waals surface area contributed by atoms with Gasteiger partial charge in [0.15, 0.2) is 5.16 Å². The molecule has 0 radical (unpaired) electrons. The molecule has 0 bridgehead atoms. The molecular formula is C16H19BrN2O3S. The number of ketones is 1. The molecular weight excluding hydrogens is 380 g/mol. The largest absolute Gasteiger partial charge is 0.382 e. The molecule has 0 fully saturated rings. The van der Waals surface area contributed by atoms with Gasteiger partial charge in [-0.3, -0.25) is 14.2 Å². The van der Waals surface area contributed by atoms with Gasteiger partial charge >= 0.3 is 0 Å². The molecule has 7 heteroatoms. The van der Waals surface area contributed by atoms with Gasteiger partial charge in [-0.2, -0.15) is 0 Å². The second-order valence-corrected chi connectivity index (χ2v) is 6.91. The SMILES string of the molecule is CCOCCCn1c(SCC(C)=O)nc2ccc(Br)cc2c1=O. The Kier molecular flexibility index (Phi) is 6.80. The summed E-state index contributed by atoms with van der Waals surface area (Å²) in [6.07, 6.45) is 0.725. The van der Waals surface area contributed by atoms with Gasteiger partial charge in [0.2, 0.25) is 0 Å². The van der Waals surface area contributed by atoms with E-state index in [2.05, 4.69) is 20.9 Å². The van der Waals surface area contributed by atoms with E-state index in [0.29, 0.717) is 41.6 Å². The van der Waals surface area contributed by atoms with Crippen molar-refractivity contribution in [3.05, 3.63) is 33.0 Å². The van der Waals surface area contributed by atoms with Gasteiger partial charge in [0.05, 0.1) is 16.7 Å². The normalized spacial score (nSPS) is 11.1. The third-order valence-corrected chi connectivity index (χ3v) is 4.77. The lowest BCUT2D eigenvalue weighted by Crippen LogP contribution is -2.24. The van der Waals surface area contributed by atoms with Crippen molar-refractivity contribution in [1.82, 2.24) is 9.55 Å². The molecule has 0 aliphatic heterocycles. The van der Waals surface area contributed by atoms with Crippen LogP contribution in [-0.2, 0) is 16.1 Å². The number of rotatable bonds is 8. The van der Waals surface area contributed by atoms with Gasteiger partial charge in [-0.25, -0.2) is 4.98 Å². The van der Waals surface area contributed by atoms with Crippen molar-refractivity contribution in [3.8, 4) is 0 Å². The van der Waals surface area contributed by atoms with E-state index >= 15 is 0 Å². The van der Waals surface area contributed by atoms with Crippen molar-refractivity contribution >= 4 is 44.4 Å². The first-order valence-electron chi connectivity index (χ1n) is 7.43. The fraction of sp³-hybridized carbons (Fsp3) is 0.438. The molecule has 1 heterocycles. The number of hydrogen-bond acceptors (Lipinski definition) is 5. The van der Waals surface area contributed by atoms with E-state index in [0.717, 1.165) is 10.9 Å². The summed E-state index contributed by atoms with van der Waals surface area (Å²) in [5.74, 6) is 0.362. The van der Waals surface area contributed by atoms with Gasteiger partial charge in [-0.05, 0) is 38.5 Å². The number of carbonyl (C=O) groups excluding carboxylic acids is 1. The Morgan fingerprint density at radius 3 is 2.91 bits per heavy atom. The van der Waals surface area contributed by atoms with E-state index in [9.17, 15) is 9.59 Å². The minimum atomic E-state index is -0.0844. The van der Waals surface area contributed by atoms with Crippen LogP contribution in [0.1, 0.15) is 20.3 Å². The number of hydrogen-bond donors (Lipinski definition) is 0. The highest BCUT2D eigenvalue weighted by molar-refractivity contribution is 9.10. The number of fused-ring (bicyclic) bond motifs is 1. The van der Waals surface area contributed by atoms with E-state index in [-0.39, 0.29) is 11.3 Å². The molecule has 2 aromatic rings. The topological polar surface area (TPSA) is 61.2 Å². The monoisotopic (exact) mass is 398 g/mol. The molecule has 5 nitrogen and oxygen atoms in total. The summed E-state index contributed by atoms with van der Waals surface area (Å²) in [6.45, 7) is 5.24. The summed E-state index contributed by atoms with van der Waals surface area (Å²) >= 11 is 4.69. The van der Waals surface area contributed by atoms with Crippen LogP contribution in [0.3, 0.4) is 0 Å². The second-order valence-electron chi connectivity index (χ2n) is 5.05. The quantitative estimate of drug-likeness (QED) is 0.387. The lowest BCUT2D eigenvalue weighted by atomic mass is 10.2. The number of benzene rings is 1. The van der Waals surface area contributed by atoms with Gasteiger partial charge in [-0.1, -0.05) is 27.7 Å². The van der Waals surface area contributed by atoms with Crippen molar-refractivity contribution in [3.63, 3.8) is 0 Å². The Morgan fingerprint density at radius 1 is 1.43 bits per heavy atom. The lowest BCUT2D eigenvalue weighted by molar-refractivity contribution is -0.114. The van der Waals surface area contributed by atoms with Crippen molar-refractivity contribution in [1.29, 1.82) is 0 Å². The maximum atomic E-state index is 12.8.